The molecule has 5 nitrogen and oxygen atoms in total. The maximum Gasteiger partial charge on any atom is 0.312 e. The Labute approximate surface area is 155 Å². The largest absolute Gasteiger partial charge is 0.352 e. The van der Waals surface area contributed by atoms with Gasteiger partial charge in [0.15, 0.2) is 0 Å². The molecular weight excluding hydrogens is 382 g/mol. The fourth-order valence-corrected chi connectivity index (χ4v) is 3.60. The molecule has 3 rings (SSSR count). The van der Waals surface area contributed by atoms with Gasteiger partial charge in [-0.1, -0.05) is 46.3 Å². The number of urea groups is 1. The van der Waals surface area contributed by atoms with E-state index in [-0.39, 0.29) is 18.4 Å². The number of rotatable bonds is 4. The highest BCUT2D eigenvalue weighted by molar-refractivity contribution is 9.10. The number of fused-ring (bicyclic) bond motifs is 1. The smallest absolute Gasteiger partial charge is 0.312 e. The van der Waals surface area contributed by atoms with Gasteiger partial charge in [-0.25, -0.2) is 4.79 Å². The minimum Gasteiger partial charge on any atom is -0.352 e. The van der Waals surface area contributed by atoms with Gasteiger partial charge in [0, 0.05) is 16.2 Å². The van der Waals surface area contributed by atoms with E-state index in [0.29, 0.717) is 0 Å². The summed E-state index contributed by atoms with van der Waals surface area (Å²) in [5, 5.41) is 2.68. The van der Waals surface area contributed by atoms with Crippen LogP contribution in [0.5, 0.6) is 0 Å². The highest BCUT2D eigenvalue weighted by atomic mass is 79.9. The van der Waals surface area contributed by atoms with E-state index in [4.69, 9.17) is 5.73 Å². The maximum absolute atomic E-state index is 13.0. The van der Waals surface area contributed by atoms with Crippen LogP contribution in [0.1, 0.15) is 30.5 Å². The number of hydrogen-bond donors (Lipinski definition) is 2. The number of carbonyl (C=O) groups is 2. The third kappa shape index (κ3) is 3.85. The normalized spacial score (nSPS) is 17.0. The number of amides is 3. The van der Waals surface area contributed by atoms with Crippen molar-refractivity contribution in [1.29, 1.82) is 0 Å². The van der Waals surface area contributed by atoms with Crippen LogP contribution in [0, 0.1) is 0 Å². The molecule has 0 aliphatic carbocycles. The number of nitrogens with two attached hydrogens (primary N) is 1. The second kappa shape index (κ2) is 7.27. The Morgan fingerprint density at radius 3 is 2.60 bits per heavy atom. The van der Waals surface area contributed by atoms with E-state index >= 15 is 0 Å². The van der Waals surface area contributed by atoms with Crippen LogP contribution in [0.2, 0.25) is 0 Å². The van der Waals surface area contributed by atoms with Gasteiger partial charge < -0.3 is 16.0 Å². The highest BCUT2D eigenvalue weighted by Gasteiger charge is 2.32. The van der Waals surface area contributed by atoms with Gasteiger partial charge in [-0.2, -0.15) is 0 Å². The molecule has 2 atom stereocenters. The summed E-state index contributed by atoms with van der Waals surface area (Å²) in [4.78, 5) is 26.2. The summed E-state index contributed by atoms with van der Waals surface area (Å²) < 4.78 is 0.933. The molecular formula is C19H20BrN3O2. The molecule has 3 N–H and O–H groups in total. The Morgan fingerprint density at radius 2 is 1.92 bits per heavy atom. The van der Waals surface area contributed by atoms with E-state index in [0.717, 1.165) is 22.1 Å². The van der Waals surface area contributed by atoms with Crippen molar-refractivity contribution in [2.24, 2.45) is 5.73 Å². The van der Waals surface area contributed by atoms with Gasteiger partial charge in [0.2, 0.25) is 5.91 Å². The Kier molecular flexibility index (Phi) is 5.08. The monoisotopic (exact) mass is 401 g/mol. The van der Waals surface area contributed by atoms with Crippen molar-refractivity contribution >= 4 is 33.6 Å². The molecule has 0 unspecified atom stereocenters. The number of primary amides is 1. The first-order valence-electron chi connectivity index (χ1n) is 8.17. The van der Waals surface area contributed by atoms with Crippen LogP contribution >= 0.6 is 15.9 Å². The summed E-state index contributed by atoms with van der Waals surface area (Å²) in [5.74, 6) is -0.0286. The number of halogens is 1. The van der Waals surface area contributed by atoms with E-state index < -0.39 is 12.1 Å². The second-order valence-electron chi connectivity index (χ2n) is 6.26. The first-order chi connectivity index (χ1) is 12.0. The third-order valence-electron chi connectivity index (χ3n) is 4.44. The third-order valence-corrected chi connectivity index (χ3v) is 4.97. The van der Waals surface area contributed by atoms with Crippen molar-refractivity contribution in [2.45, 2.75) is 31.8 Å². The quantitative estimate of drug-likeness (QED) is 0.821. The summed E-state index contributed by atoms with van der Waals surface area (Å²) in [6.07, 6.45) is 0.997. The summed E-state index contributed by atoms with van der Waals surface area (Å²) in [6, 6.07) is 14.4. The molecule has 1 heterocycles. The lowest BCUT2D eigenvalue weighted by atomic mass is 10.0. The Morgan fingerprint density at radius 1 is 1.24 bits per heavy atom. The number of hydrogen-bond acceptors (Lipinski definition) is 2. The second-order valence-corrected chi connectivity index (χ2v) is 7.18. The molecule has 0 aromatic heterocycles. The minimum atomic E-state index is -0.643. The van der Waals surface area contributed by atoms with Gasteiger partial charge in [-0.15, -0.1) is 0 Å². The van der Waals surface area contributed by atoms with Gasteiger partial charge in [0.05, 0.1) is 12.5 Å². The molecule has 0 saturated heterocycles. The van der Waals surface area contributed by atoms with Crippen LogP contribution in [0.3, 0.4) is 0 Å². The zero-order valence-corrected chi connectivity index (χ0v) is 15.5. The number of nitrogens with zero attached hydrogens (tertiary/aromatic N) is 1. The predicted octanol–water partition coefficient (Wildman–Crippen LogP) is 3.53. The predicted molar refractivity (Wildman–Crippen MR) is 101 cm³/mol. The molecule has 6 heteroatoms. The van der Waals surface area contributed by atoms with Gasteiger partial charge in [-0.05, 0) is 42.7 Å². The van der Waals surface area contributed by atoms with Crippen LogP contribution in [0.15, 0.2) is 53.0 Å². The molecule has 1 aliphatic rings. The first kappa shape index (κ1) is 17.5. The van der Waals surface area contributed by atoms with E-state index in [1.54, 1.807) is 0 Å². The van der Waals surface area contributed by atoms with Gasteiger partial charge >= 0.3 is 6.03 Å². The van der Waals surface area contributed by atoms with E-state index in [1.165, 1.54) is 5.56 Å². The van der Waals surface area contributed by atoms with Gasteiger partial charge in [0.1, 0.15) is 0 Å². The molecule has 0 fully saturated rings. The van der Waals surface area contributed by atoms with Crippen molar-refractivity contribution in [1.82, 2.24) is 5.32 Å². The zero-order chi connectivity index (χ0) is 18.0. The molecule has 130 valence electrons. The van der Waals surface area contributed by atoms with E-state index in [1.807, 2.05) is 60.4 Å². The van der Waals surface area contributed by atoms with E-state index in [9.17, 15) is 9.59 Å². The maximum atomic E-state index is 13.0. The highest BCUT2D eigenvalue weighted by Crippen LogP contribution is 2.33. The minimum absolute atomic E-state index is 0.0286. The van der Waals surface area contributed by atoms with Gasteiger partial charge in [0.25, 0.3) is 0 Å². The first-order valence-corrected chi connectivity index (χ1v) is 8.96. The Hall–Kier alpha value is -2.34. The molecule has 0 bridgehead atoms. The summed E-state index contributed by atoms with van der Waals surface area (Å²) in [7, 11) is 0. The summed E-state index contributed by atoms with van der Waals surface area (Å²) >= 11 is 3.39. The zero-order valence-electron chi connectivity index (χ0n) is 13.9. The van der Waals surface area contributed by atoms with Crippen molar-refractivity contribution in [3.8, 4) is 0 Å². The van der Waals surface area contributed by atoms with Crippen LogP contribution < -0.4 is 16.0 Å². The van der Waals surface area contributed by atoms with Crippen LogP contribution in [0.25, 0.3) is 0 Å². The average Bonchev–Trinajstić information content (AvgIpc) is 2.90. The van der Waals surface area contributed by atoms with Crippen LogP contribution in [0.4, 0.5) is 10.5 Å². The lowest BCUT2D eigenvalue weighted by molar-refractivity contribution is -0.119. The molecule has 25 heavy (non-hydrogen) atoms. The molecule has 0 saturated carbocycles. The average molecular weight is 402 g/mol. The number of nitrogens with one attached hydrogen (secondary N) is 1. The van der Waals surface area contributed by atoms with Crippen molar-refractivity contribution < 1.29 is 9.59 Å². The van der Waals surface area contributed by atoms with Crippen molar-refractivity contribution in [2.75, 3.05) is 4.90 Å². The lowest BCUT2D eigenvalue weighted by Gasteiger charge is -2.26. The fraction of sp³-hybridized carbons (Fsp3) is 0.263. The summed E-state index contributed by atoms with van der Waals surface area (Å²) in [5.41, 5.74) is 8.28. The van der Waals surface area contributed by atoms with Crippen molar-refractivity contribution in [3.05, 3.63) is 64.1 Å². The van der Waals surface area contributed by atoms with Crippen LogP contribution in [-0.2, 0) is 11.2 Å². The lowest BCUT2D eigenvalue weighted by Crippen LogP contribution is -2.40. The molecule has 3 amide bonds. The van der Waals surface area contributed by atoms with E-state index in [2.05, 4.69) is 21.2 Å². The van der Waals surface area contributed by atoms with Crippen LogP contribution in [-0.4, -0.2) is 18.0 Å². The SMILES string of the molecule is C[C@@H]1Cc2ccccc2N1C(=O)C[C@H](NC(N)=O)c1ccc(Br)cc1. The molecule has 2 aromatic carbocycles. The number of anilines is 1. The topological polar surface area (TPSA) is 75.4 Å². The number of carbonyl (C=O) groups excluding carboxylic acids is 2. The number of para-hydroxylation sites is 1. The fourth-order valence-electron chi connectivity index (χ4n) is 3.34. The van der Waals surface area contributed by atoms with Crippen molar-refractivity contribution in [3.63, 3.8) is 0 Å². The number of benzene rings is 2. The molecule has 0 radical (unpaired) electrons. The molecule has 0 spiro atoms. The molecule has 2 aromatic rings. The Bertz CT molecular complexity index is 792. The molecule has 1 aliphatic heterocycles. The van der Waals surface area contributed by atoms with Gasteiger partial charge in [-0.3, -0.25) is 4.79 Å². The standard InChI is InChI=1S/C19H20BrN3O2/c1-12-10-14-4-2-3-5-17(14)23(12)18(24)11-16(22-19(21)25)13-6-8-15(20)9-7-13/h2-9,12,16H,10-11H2,1H3,(H3,21,22,25)/t12-,16+/m1/s1. The summed E-state index contributed by atoms with van der Waals surface area (Å²) in [6.45, 7) is 2.04. The Balaban J connectivity index is 1.83.